The van der Waals surface area contributed by atoms with Crippen LogP contribution in [-0.2, 0) is 28.6 Å². The number of hydroxylamine groups is 2. The zero-order valence-electron chi connectivity index (χ0n) is 22.4. The maximum absolute atomic E-state index is 13.2. The van der Waals surface area contributed by atoms with Gasteiger partial charge in [0.05, 0.1) is 12.6 Å². The lowest BCUT2D eigenvalue weighted by atomic mass is 9.79. The van der Waals surface area contributed by atoms with E-state index in [1.54, 1.807) is 41.5 Å². The van der Waals surface area contributed by atoms with Crippen LogP contribution in [0.3, 0.4) is 0 Å². The monoisotopic (exact) mass is 512 g/mol. The van der Waals surface area contributed by atoms with E-state index in [2.05, 4.69) is 19.6 Å². The summed E-state index contributed by atoms with van der Waals surface area (Å²) in [5.74, 6) is -0.193. The fourth-order valence-electron chi connectivity index (χ4n) is 4.35. The van der Waals surface area contributed by atoms with Gasteiger partial charge >= 0.3 is 12.3 Å². The Morgan fingerprint density at radius 3 is 2.17 bits per heavy atom. The molecule has 10 nitrogen and oxygen atoms in total. The number of hydrogen-bond donors (Lipinski definition) is 0. The summed E-state index contributed by atoms with van der Waals surface area (Å²) in [5, 5.41) is 1.38. The van der Waals surface area contributed by atoms with Crippen molar-refractivity contribution in [3.63, 3.8) is 0 Å². The van der Waals surface area contributed by atoms with Crippen LogP contribution in [0.15, 0.2) is 11.5 Å². The third-order valence-electron chi connectivity index (χ3n) is 5.84. The van der Waals surface area contributed by atoms with Crippen molar-refractivity contribution in [1.29, 1.82) is 0 Å². The number of nitrogens with zero attached hydrogens (tertiary/aromatic N) is 2. The van der Waals surface area contributed by atoms with Crippen molar-refractivity contribution in [2.75, 3.05) is 19.8 Å². The molecule has 198 valence electrons. The minimum atomic E-state index is -1.27. The molecule has 0 aromatic heterocycles. The molecule has 0 aliphatic carbocycles. The van der Waals surface area contributed by atoms with E-state index in [1.807, 2.05) is 0 Å². The quantitative estimate of drug-likeness (QED) is 0.214. The number of β-lactam (4-membered cyclic amide) rings is 1. The van der Waals surface area contributed by atoms with E-state index >= 15 is 0 Å². The van der Waals surface area contributed by atoms with E-state index in [-0.39, 0.29) is 30.4 Å². The number of amides is 1. The smallest absolute Gasteiger partial charge is 0.428 e. The summed E-state index contributed by atoms with van der Waals surface area (Å²) in [6, 6.07) is 0.0177. The van der Waals surface area contributed by atoms with E-state index in [0.717, 1.165) is 11.6 Å². The van der Waals surface area contributed by atoms with E-state index in [0.29, 0.717) is 19.6 Å². The molecular weight excluding hydrogens is 472 g/mol. The van der Waals surface area contributed by atoms with Crippen LogP contribution in [0, 0.1) is 5.92 Å². The van der Waals surface area contributed by atoms with Gasteiger partial charge in [-0.05, 0) is 54.0 Å². The van der Waals surface area contributed by atoms with Crippen LogP contribution in [0.4, 0.5) is 9.59 Å². The van der Waals surface area contributed by atoms with Crippen molar-refractivity contribution in [3.8, 4) is 0 Å². The largest absolute Gasteiger partial charge is 0.528 e. The Balaban J connectivity index is 1.76. The van der Waals surface area contributed by atoms with Crippen LogP contribution < -0.4 is 0 Å². The Morgan fingerprint density at radius 2 is 1.60 bits per heavy atom. The van der Waals surface area contributed by atoms with E-state index < -0.39 is 37.6 Å². The Hall–Kier alpha value is -2.11. The van der Waals surface area contributed by atoms with Crippen molar-refractivity contribution in [3.05, 3.63) is 11.5 Å². The summed E-state index contributed by atoms with van der Waals surface area (Å²) in [5.41, 5.74) is -0.685. The number of rotatable bonds is 7. The third-order valence-corrected chi connectivity index (χ3v) is 7.55. The zero-order chi connectivity index (χ0) is 26.3. The van der Waals surface area contributed by atoms with Gasteiger partial charge < -0.3 is 23.8 Å². The third kappa shape index (κ3) is 6.76. The summed E-state index contributed by atoms with van der Waals surface area (Å²) in [6.45, 7) is 18.5. The Labute approximate surface area is 208 Å². The van der Waals surface area contributed by atoms with Gasteiger partial charge in [0.2, 0.25) is 5.88 Å². The first-order valence-corrected chi connectivity index (χ1v) is 15.9. The average Bonchev–Trinajstić information content (AvgIpc) is 2.91. The van der Waals surface area contributed by atoms with Crippen LogP contribution >= 0.6 is 0 Å². The summed E-state index contributed by atoms with van der Waals surface area (Å²) in [6.07, 6.45) is -1.13. The molecule has 3 heterocycles. The number of piperidine rings is 1. The molecule has 0 aromatic rings. The zero-order valence-corrected chi connectivity index (χ0v) is 23.4. The van der Waals surface area contributed by atoms with Gasteiger partial charge in [0, 0.05) is 32.7 Å². The molecule has 1 unspecified atom stereocenters. The SMILES string of the molecule is CC(C)(C)OC(=O)OC1=C(COCC[Si](C)(C)C)C2CCN(OC(=O)OC(C)(C)C)[C@@H]3C(=O)N1[C@H]23. The second kappa shape index (κ2) is 9.74. The van der Waals surface area contributed by atoms with Crippen LogP contribution in [0.5, 0.6) is 0 Å². The average molecular weight is 513 g/mol. The molecule has 3 rings (SSSR count). The fourth-order valence-corrected chi connectivity index (χ4v) is 5.11. The standard InChI is InChI=1S/C24H40N2O8Si/c1-23(2,3)32-21(28)31-20-16(14-30-12-13-35(7,8)9)15-10-11-25(18-17(15)26(20)19(18)27)34-22(29)33-24(4,5)6/h15,17-18H,10-14H2,1-9H3/t15?,17-,18+/m1/s1. The van der Waals surface area contributed by atoms with Gasteiger partial charge in [0.1, 0.15) is 17.2 Å². The number of carbonyl (C=O) groups excluding carboxylic acids is 3. The molecule has 0 radical (unpaired) electrons. The minimum absolute atomic E-state index is 0.0690. The van der Waals surface area contributed by atoms with Crippen LogP contribution in [0.25, 0.3) is 0 Å². The topological polar surface area (TPSA) is 104 Å². The summed E-state index contributed by atoms with van der Waals surface area (Å²) < 4.78 is 22.2. The van der Waals surface area contributed by atoms with Gasteiger partial charge in [-0.1, -0.05) is 19.6 Å². The number of hydrogen-bond acceptors (Lipinski definition) is 9. The molecule has 3 aliphatic heterocycles. The van der Waals surface area contributed by atoms with Gasteiger partial charge in [0.15, 0.2) is 0 Å². The molecule has 2 saturated heterocycles. The Morgan fingerprint density at radius 1 is 1.00 bits per heavy atom. The highest BCUT2D eigenvalue weighted by Gasteiger charge is 2.64. The minimum Gasteiger partial charge on any atom is -0.428 e. The predicted molar refractivity (Wildman–Crippen MR) is 130 cm³/mol. The highest BCUT2D eigenvalue weighted by atomic mass is 28.3. The lowest BCUT2D eigenvalue weighted by Crippen LogP contribution is -2.72. The van der Waals surface area contributed by atoms with Gasteiger partial charge in [-0.15, -0.1) is 5.06 Å². The van der Waals surface area contributed by atoms with Crippen LogP contribution in [-0.4, -0.2) is 79.3 Å². The lowest BCUT2D eigenvalue weighted by Gasteiger charge is -2.51. The second-order valence-electron chi connectivity index (χ2n) is 12.5. The molecule has 11 heteroatoms. The molecule has 2 fully saturated rings. The van der Waals surface area contributed by atoms with E-state index in [4.69, 9.17) is 23.8 Å². The summed E-state index contributed by atoms with van der Waals surface area (Å²) in [4.78, 5) is 44.8. The second-order valence-corrected chi connectivity index (χ2v) is 18.1. The fraction of sp³-hybridized carbons (Fsp3) is 0.792. The van der Waals surface area contributed by atoms with Gasteiger partial charge in [0.25, 0.3) is 5.91 Å². The van der Waals surface area contributed by atoms with Crippen molar-refractivity contribution >= 4 is 26.3 Å². The predicted octanol–water partition coefficient (Wildman–Crippen LogP) is 4.29. The maximum Gasteiger partial charge on any atom is 0.528 e. The lowest BCUT2D eigenvalue weighted by molar-refractivity contribution is -0.223. The molecule has 0 spiro atoms. The van der Waals surface area contributed by atoms with Gasteiger partial charge in [-0.25, -0.2) is 9.59 Å². The number of ether oxygens (including phenoxy) is 4. The van der Waals surface area contributed by atoms with Crippen molar-refractivity contribution in [2.24, 2.45) is 5.92 Å². The molecule has 35 heavy (non-hydrogen) atoms. The maximum atomic E-state index is 13.2. The molecule has 0 N–H and O–H groups in total. The first kappa shape index (κ1) is 27.5. The van der Waals surface area contributed by atoms with Crippen LogP contribution in [0.1, 0.15) is 48.0 Å². The van der Waals surface area contributed by atoms with Crippen LogP contribution in [0.2, 0.25) is 25.7 Å². The molecule has 1 amide bonds. The van der Waals surface area contributed by atoms with Crippen molar-refractivity contribution in [2.45, 2.75) is 96.9 Å². The van der Waals surface area contributed by atoms with E-state index in [1.165, 1.54) is 9.96 Å². The molecule has 3 aliphatic rings. The molecule has 0 aromatic carbocycles. The summed E-state index contributed by atoms with van der Waals surface area (Å²) in [7, 11) is -1.27. The van der Waals surface area contributed by atoms with Crippen molar-refractivity contribution < 1.29 is 38.2 Å². The Kier molecular flexibility index (Phi) is 7.65. The number of carbonyl (C=O) groups is 3. The highest BCUT2D eigenvalue weighted by molar-refractivity contribution is 6.76. The molecule has 3 atom stereocenters. The Bertz CT molecular complexity index is 883. The van der Waals surface area contributed by atoms with Crippen molar-refractivity contribution in [1.82, 2.24) is 9.96 Å². The molecular formula is C24H40N2O8Si. The summed E-state index contributed by atoms with van der Waals surface area (Å²) >= 11 is 0. The van der Waals surface area contributed by atoms with Gasteiger partial charge in [-0.2, -0.15) is 0 Å². The van der Waals surface area contributed by atoms with Gasteiger partial charge in [-0.3, -0.25) is 9.69 Å². The first-order chi connectivity index (χ1) is 16.0. The first-order valence-electron chi connectivity index (χ1n) is 12.2. The normalized spacial score (nSPS) is 24.7. The molecule has 0 saturated carbocycles. The molecule has 0 bridgehead atoms. The van der Waals surface area contributed by atoms with E-state index in [9.17, 15) is 14.4 Å². The highest BCUT2D eigenvalue weighted by Crippen LogP contribution is 2.49.